The molecule has 0 bridgehead atoms. The highest BCUT2D eigenvalue weighted by atomic mass is 16.5. The van der Waals surface area contributed by atoms with Crippen molar-refractivity contribution >= 4 is 5.82 Å². The van der Waals surface area contributed by atoms with Crippen LogP contribution < -0.4 is 10.5 Å². The largest absolute Gasteiger partial charge is 0.485 e. The number of hydrogen-bond donors (Lipinski definition) is 1. The Labute approximate surface area is 101 Å². The summed E-state index contributed by atoms with van der Waals surface area (Å²) in [6.07, 6.45) is 12.1. The van der Waals surface area contributed by atoms with Gasteiger partial charge in [-0.25, -0.2) is 4.98 Å². The average Bonchev–Trinajstić information content (AvgIpc) is 2.53. The molecular formula is C14H16N2O. The maximum atomic E-state index is 5.70. The van der Waals surface area contributed by atoms with Crippen LogP contribution in [0.4, 0.5) is 5.82 Å². The van der Waals surface area contributed by atoms with Crippen LogP contribution in [-0.2, 0) is 0 Å². The predicted octanol–water partition coefficient (Wildman–Crippen LogP) is 2.73. The number of allylic oxidation sites excluding steroid dienone is 4. The number of anilines is 1. The Balaban J connectivity index is 2.00. The van der Waals surface area contributed by atoms with E-state index in [2.05, 4.69) is 36.2 Å². The van der Waals surface area contributed by atoms with E-state index in [4.69, 9.17) is 10.5 Å². The van der Waals surface area contributed by atoms with Gasteiger partial charge in [-0.1, -0.05) is 37.3 Å². The van der Waals surface area contributed by atoms with E-state index in [0.29, 0.717) is 24.1 Å². The van der Waals surface area contributed by atoms with Crippen LogP contribution in [0.15, 0.2) is 54.3 Å². The number of pyridine rings is 1. The molecule has 0 spiro atoms. The summed E-state index contributed by atoms with van der Waals surface area (Å²) in [6, 6.07) is 3.63. The first-order valence-electron chi connectivity index (χ1n) is 5.64. The van der Waals surface area contributed by atoms with E-state index in [1.54, 1.807) is 6.20 Å². The van der Waals surface area contributed by atoms with Crippen molar-refractivity contribution in [1.82, 2.24) is 4.98 Å². The summed E-state index contributed by atoms with van der Waals surface area (Å²) in [5, 5.41) is 0. The molecular weight excluding hydrogens is 212 g/mol. The van der Waals surface area contributed by atoms with Gasteiger partial charge in [0.2, 0.25) is 0 Å². The lowest BCUT2D eigenvalue weighted by molar-refractivity contribution is 0.356. The van der Waals surface area contributed by atoms with Gasteiger partial charge in [-0.3, -0.25) is 0 Å². The summed E-state index contributed by atoms with van der Waals surface area (Å²) < 4.78 is 5.63. The Bertz CT molecular complexity index is 475. The lowest BCUT2D eigenvalue weighted by Gasteiger charge is -2.07. The zero-order valence-electron chi connectivity index (χ0n) is 9.84. The fraction of sp³-hybridized carbons (Fsp3) is 0.214. The number of ether oxygens (including phenoxy) is 1. The van der Waals surface area contributed by atoms with E-state index in [1.807, 2.05) is 18.2 Å². The summed E-state index contributed by atoms with van der Waals surface area (Å²) in [6.45, 7) is 2.65. The summed E-state index contributed by atoms with van der Waals surface area (Å²) in [4.78, 5) is 3.97. The third-order valence-corrected chi connectivity index (χ3v) is 2.53. The molecule has 1 aliphatic carbocycles. The van der Waals surface area contributed by atoms with Gasteiger partial charge in [-0.05, 0) is 23.6 Å². The molecule has 88 valence electrons. The van der Waals surface area contributed by atoms with Crippen LogP contribution in [-0.4, -0.2) is 11.6 Å². The molecule has 0 radical (unpaired) electrons. The number of hydrogen-bond acceptors (Lipinski definition) is 3. The molecule has 1 unspecified atom stereocenters. The molecule has 1 aromatic heterocycles. The first kappa shape index (κ1) is 11.5. The molecule has 2 N–H and O–H groups in total. The molecule has 0 fully saturated rings. The second-order valence-corrected chi connectivity index (χ2v) is 4.02. The van der Waals surface area contributed by atoms with Gasteiger partial charge in [0, 0.05) is 6.20 Å². The average molecular weight is 228 g/mol. The minimum Gasteiger partial charge on any atom is -0.485 e. The molecule has 1 aromatic rings. The first-order valence-corrected chi connectivity index (χ1v) is 5.64. The molecule has 2 rings (SSSR count). The molecule has 1 atom stereocenters. The van der Waals surface area contributed by atoms with Gasteiger partial charge in [0.15, 0.2) is 11.6 Å². The van der Waals surface area contributed by atoms with E-state index in [0.717, 1.165) is 5.57 Å². The standard InChI is InChI=1S/C14H16N2O/c1-11-4-2-5-12(8-7-11)10-17-13-6-3-9-16-14(13)15/h2-9,11H,10H2,1H3,(H2,15,16). The number of rotatable bonds is 3. The molecule has 1 aliphatic rings. The normalized spacial score (nSPS) is 18.6. The SMILES string of the molecule is CC1C=CC=C(COc2cccnc2N)C=C1. The Morgan fingerprint density at radius 2 is 2.29 bits per heavy atom. The third-order valence-electron chi connectivity index (χ3n) is 2.53. The minimum atomic E-state index is 0.426. The molecule has 3 heteroatoms. The van der Waals surface area contributed by atoms with Crippen molar-refractivity contribution in [2.24, 2.45) is 5.92 Å². The number of nitrogens with zero attached hydrogens (tertiary/aromatic N) is 1. The monoisotopic (exact) mass is 228 g/mol. The fourth-order valence-corrected chi connectivity index (χ4v) is 1.53. The number of nitrogens with two attached hydrogens (primary N) is 1. The van der Waals surface area contributed by atoms with Crippen LogP contribution in [0, 0.1) is 5.92 Å². The lowest BCUT2D eigenvalue weighted by atomic mass is 10.1. The van der Waals surface area contributed by atoms with Crippen molar-refractivity contribution in [2.45, 2.75) is 6.92 Å². The van der Waals surface area contributed by atoms with Crippen LogP contribution in [0.25, 0.3) is 0 Å². The summed E-state index contributed by atoms with van der Waals surface area (Å²) in [7, 11) is 0. The molecule has 0 aliphatic heterocycles. The molecule has 0 amide bonds. The minimum absolute atomic E-state index is 0.426. The zero-order chi connectivity index (χ0) is 12.1. The van der Waals surface area contributed by atoms with Crippen LogP contribution in [0.3, 0.4) is 0 Å². The van der Waals surface area contributed by atoms with Gasteiger partial charge < -0.3 is 10.5 Å². The molecule has 0 saturated heterocycles. The Hall–Kier alpha value is -2.03. The summed E-state index contributed by atoms with van der Waals surface area (Å²) >= 11 is 0. The Kier molecular flexibility index (Phi) is 3.60. The second kappa shape index (κ2) is 5.34. The molecule has 1 heterocycles. The number of nitrogen functional groups attached to an aromatic ring is 1. The van der Waals surface area contributed by atoms with Crippen molar-refractivity contribution in [3.63, 3.8) is 0 Å². The highest BCUT2D eigenvalue weighted by Gasteiger charge is 2.02. The second-order valence-electron chi connectivity index (χ2n) is 4.02. The Morgan fingerprint density at radius 3 is 3.12 bits per heavy atom. The fourth-order valence-electron chi connectivity index (χ4n) is 1.53. The van der Waals surface area contributed by atoms with Gasteiger partial charge in [0.1, 0.15) is 6.61 Å². The van der Waals surface area contributed by atoms with E-state index in [-0.39, 0.29) is 0 Å². The third kappa shape index (κ3) is 3.21. The van der Waals surface area contributed by atoms with Crippen molar-refractivity contribution in [3.8, 4) is 5.75 Å². The van der Waals surface area contributed by atoms with Crippen molar-refractivity contribution in [3.05, 3.63) is 54.3 Å². The summed E-state index contributed by atoms with van der Waals surface area (Å²) in [5.74, 6) is 1.52. The highest BCUT2D eigenvalue weighted by Crippen LogP contribution is 2.18. The maximum absolute atomic E-state index is 5.70. The van der Waals surface area contributed by atoms with E-state index in [9.17, 15) is 0 Å². The molecule has 3 nitrogen and oxygen atoms in total. The molecule has 0 aromatic carbocycles. The smallest absolute Gasteiger partial charge is 0.166 e. The van der Waals surface area contributed by atoms with Crippen LogP contribution in [0.1, 0.15) is 6.92 Å². The quantitative estimate of drug-likeness (QED) is 0.865. The van der Waals surface area contributed by atoms with E-state index in [1.165, 1.54) is 0 Å². The van der Waals surface area contributed by atoms with Crippen molar-refractivity contribution < 1.29 is 4.74 Å². The van der Waals surface area contributed by atoms with Gasteiger partial charge in [0.25, 0.3) is 0 Å². The van der Waals surface area contributed by atoms with E-state index < -0.39 is 0 Å². The lowest BCUT2D eigenvalue weighted by Crippen LogP contribution is -2.02. The van der Waals surface area contributed by atoms with Gasteiger partial charge in [-0.15, -0.1) is 0 Å². The van der Waals surface area contributed by atoms with Crippen molar-refractivity contribution in [1.29, 1.82) is 0 Å². The van der Waals surface area contributed by atoms with Crippen LogP contribution in [0.5, 0.6) is 5.75 Å². The maximum Gasteiger partial charge on any atom is 0.166 e. The first-order chi connectivity index (χ1) is 8.25. The van der Waals surface area contributed by atoms with E-state index >= 15 is 0 Å². The highest BCUT2D eigenvalue weighted by molar-refractivity contribution is 5.45. The van der Waals surface area contributed by atoms with Crippen LogP contribution in [0.2, 0.25) is 0 Å². The zero-order valence-corrected chi connectivity index (χ0v) is 9.84. The molecule has 0 saturated carbocycles. The van der Waals surface area contributed by atoms with Gasteiger partial charge in [-0.2, -0.15) is 0 Å². The van der Waals surface area contributed by atoms with Gasteiger partial charge in [0.05, 0.1) is 0 Å². The van der Waals surface area contributed by atoms with Crippen LogP contribution >= 0.6 is 0 Å². The molecule has 17 heavy (non-hydrogen) atoms. The Morgan fingerprint density at radius 1 is 1.41 bits per heavy atom. The van der Waals surface area contributed by atoms with Gasteiger partial charge >= 0.3 is 0 Å². The summed E-state index contributed by atoms with van der Waals surface area (Å²) in [5.41, 5.74) is 6.82. The van der Waals surface area contributed by atoms with Crippen molar-refractivity contribution in [2.75, 3.05) is 12.3 Å². The number of aromatic nitrogens is 1. The topological polar surface area (TPSA) is 48.1 Å². The predicted molar refractivity (Wildman–Crippen MR) is 69.7 cm³/mol.